The van der Waals surface area contributed by atoms with Crippen LogP contribution >= 0.6 is 0 Å². The van der Waals surface area contributed by atoms with Crippen LogP contribution < -0.4 is 15.4 Å². The first-order valence-corrected chi connectivity index (χ1v) is 12.5. The summed E-state index contributed by atoms with van der Waals surface area (Å²) in [6, 6.07) is 12.7. The number of rotatable bonds is 9. The smallest absolute Gasteiger partial charge is 0.303 e. The number of benzene rings is 2. The molecule has 36 heavy (non-hydrogen) atoms. The quantitative estimate of drug-likeness (QED) is 0.494. The molecular formula is C28H29N3O5. The number of hydrogen-bond acceptors (Lipinski definition) is 5. The molecule has 0 bridgehead atoms. The van der Waals surface area contributed by atoms with E-state index < -0.39 is 5.97 Å². The molecular weight excluding hydrogens is 458 g/mol. The van der Waals surface area contributed by atoms with Crippen LogP contribution in [0.5, 0.6) is 5.75 Å². The normalized spacial score (nSPS) is 21.6. The second-order valence-electron chi connectivity index (χ2n) is 10.1. The molecule has 2 aliphatic carbocycles. The Kier molecular flexibility index (Phi) is 6.40. The van der Waals surface area contributed by atoms with Gasteiger partial charge in [0.05, 0.1) is 18.2 Å². The lowest BCUT2D eigenvalue weighted by atomic mass is 9.86. The molecule has 2 aromatic carbocycles. The summed E-state index contributed by atoms with van der Waals surface area (Å²) in [5, 5.41) is 24.3. The van der Waals surface area contributed by atoms with Crippen molar-refractivity contribution in [2.24, 2.45) is 11.8 Å². The highest BCUT2D eigenvalue weighted by atomic mass is 16.5. The Hall–Kier alpha value is -3.86. The van der Waals surface area contributed by atoms with Crippen molar-refractivity contribution in [1.82, 2.24) is 5.32 Å². The van der Waals surface area contributed by atoms with Gasteiger partial charge in [0, 0.05) is 41.1 Å². The molecule has 1 aliphatic heterocycles. The zero-order chi connectivity index (χ0) is 25.3. The maximum absolute atomic E-state index is 13.4. The number of fused-ring (bicyclic) bond motifs is 2. The largest absolute Gasteiger partial charge is 0.493 e. The van der Waals surface area contributed by atoms with Gasteiger partial charge in [-0.1, -0.05) is 6.07 Å². The summed E-state index contributed by atoms with van der Waals surface area (Å²) < 4.78 is 5.85. The predicted octanol–water partition coefficient (Wildman–Crippen LogP) is 3.78. The molecule has 2 fully saturated rings. The van der Waals surface area contributed by atoms with E-state index in [1.807, 2.05) is 12.1 Å². The first-order valence-electron chi connectivity index (χ1n) is 12.5. The van der Waals surface area contributed by atoms with Crippen molar-refractivity contribution >= 4 is 23.5 Å². The first kappa shape index (κ1) is 23.9. The summed E-state index contributed by atoms with van der Waals surface area (Å²) in [6.07, 6.45) is 4.64. The number of hydrogen-bond donors (Lipinski definition) is 3. The van der Waals surface area contributed by atoms with E-state index in [1.165, 1.54) is 0 Å². The van der Waals surface area contributed by atoms with Gasteiger partial charge in [-0.25, -0.2) is 0 Å². The van der Waals surface area contributed by atoms with Crippen molar-refractivity contribution in [1.29, 1.82) is 5.26 Å². The van der Waals surface area contributed by atoms with Crippen LogP contribution in [0.15, 0.2) is 36.4 Å². The number of aliphatic carboxylic acids is 1. The number of aryl methyl sites for hydroxylation is 1. The number of nitrogens with zero attached hydrogens (tertiary/aromatic N) is 1. The lowest BCUT2D eigenvalue weighted by Crippen LogP contribution is -2.29. The number of amides is 2. The van der Waals surface area contributed by atoms with E-state index >= 15 is 0 Å². The van der Waals surface area contributed by atoms with Crippen LogP contribution in [0.1, 0.15) is 65.6 Å². The molecule has 5 rings (SSSR count). The summed E-state index contributed by atoms with van der Waals surface area (Å²) in [5.41, 5.74) is 2.89. The number of carboxylic acid groups (broad SMARTS) is 1. The van der Waals surface area contributed by atoms with Gasteiger partial charge in [-0.05, 0) is 80.3 Å². The maximum Gasteiger partial charge on any atom is 0.303 e. The molecule has 8 nitrogen and oxygen atoms in total. The van der Waals surface area contributed by atoms with Crippen LogP contribution in [0.25, 0.3) is 0 Å². The Morgan fingerprint density at radius 3 is 2.75 bits per heavy atom. The van der Waals surface area contributed by atoms with Gasteiger partial charge in [-0.2, -0.15) is 5.26 Å². The molecule has 3 aliphatic rings. The maximum atomic E-state index is 13.4. The molecule has 2 aromatic rings. The lowest BCUT2D eigenvalue weighted by molar-refractivity contribution is -0.137. The summed E-state index contributed by atoms with van der Waals surface area (Å²) in [4.78, 5) is 37.0. The topological polar surface area (TPSA) is 129 Å². The van der Waals surface area contributed by atoms with E-state index in [-0.39, 0.29) is 29.6 Å². The van der Waals surface area contributed by atoms with E-state index in [0.29, 0.717) is 61.6 Å². The standard InChI is InChI=1S/C28H29N3O5/c29-15-18-6-7-19(2-1-3-25(32)33)23(12-18)31-27(35)22-14-28(22)10-11-36-24-9-8-20(13-21(24)28)26(34)30-16-17-4-5-17/h6-9,12-13,17,22H,1-5,10-11,14,16H2,(H,30,34)(H,31,35)(H,32,33). The van der Waals surface area contributed by atoms with Crippen LogP contribution in [0.4, 0.5) is 5.69 Å². The molecule has 1 heterocycles. The van der Waals surface area contributed by atoms with E-state index in [1.54, 1.807) is 24.3 Å². The molecule has 2 saturated carbocycles. The number of nitriles is 1. The van der Waals surface area contributed by atoms with Gasteiger partial charge in [0.2, 0.25) is 5.91 Å². The van der Waals surface area contributed by atoms with Gasteiger partial charge in [0.15, 0.2) is 0 Å². The third-order valence-electron chi connectivity index (χ3n) is 7.56. The van der Waals surface area contributed by atoms with Crippen LogP contribution in [-0.4, -0.2) is 36.0 Å². The molecule has 2 atom stereocenters. The Bertz CT molecular complexity index is 1260. The number of carbonyl (C=O) groups is 3. The van der Waals surface area contributed by atoms with Gasteiger partial charge < -0.3 is 20.5 Å². The Labute approximate surface area is 209 Å². The van der Waals surface area contributed by atoms with Gasteiger partial charge in [0.25, 0.3) is 5.91 Å². The fourth-order valence-corrected chi connectivity index (χ4v) is 5.18. The van der Waals surface area contributed by atoms with Crippen LogP contribution in [0, 0.1) is 23.2 Å². The second kappa shape index (κ2) is 9.65. The monoisotopic (exact) mass is 487 g/mol. The minimum Gasteiger partial charge on any atom is -0.493 e. The van der Waals surface area contributed by atoms with Crippen molar-refractivity contribution in [3.63, 3.8) is 0 Å². The first-order chi connectivity index (χ1) is 17.4. The highest BCUT2D eigenvalue weighted by Gasteiger charge is 2.61. The molecule has 2 amide bonds. The predicted molar refractivity (Wildman–Crippen MR) is 132 cm³/mol. The average Bonchev–Trinajstić information content (AvgIpc) is 3.80. The van der Waals surface area contributed by atoms with Crippen LogP contribution in [-0.2, 0) is 21.4 Å². The third kappa shape index (κ3) is 4.92. The van der Waals surface area contributed by atoms with Gasteiger partial charge in [-0.3, -0.25) is 14.4 Å². The molecule has 1 spiro atoms. The summed E-state index contributed by atoms with van der Waals surface area (Å²) >= 11 is 0. The number of ether oxygens (including phenoxy) is 1. The van der Waals surface area contributed by atoms with E-state index in [0.717, 1.165) is 29.7 Å². The van der Waals surface area contributed by atoms with Crippen molar-refractivity contribution in [2.45, 2.75) is 50.4 Å². The van der Waals surface area contributed by atoms with Gasteiger partial charge in [0.1, 0.15) is 5.75 Å². The zero-order valence-corrected chi connectivity index (χ0v) is 20.0. The lowest BCUT2D eigenvalue weighted by Gasteiger charge is -2.27. The number of carbonyl (C=O) groups excluding carboxylic acids is 2. The molecule has 186 valence electrons. The van der Waals surface area contributed by atoms with Gasteiger partial charge in [-0.15, -0.1) is 0 Å². The minimum atomic E-state index is -0.868. The van der Waals surface area contributed by atoms with E-state index in [2.05, 4.69) is 16.7 Å². The van der Waals surface area contributed by atoms with E-state index in [9.17, 15) is 19.6 Å². The van der Waals surface area contributed by atoms with Gasteiger partial charge >= 0.3 is 5.97 Å². The van der Waals surface area contributed by atoms with Crippen molar-refractivity contribution in [2.75, 3.05) is 18.5 Å². The number of carboxylic acids is 1. The van der Waals surface area contributed by atoms with Crippen molar-refractivity contribution in [3.05, 3.63) is 58.7 Å². The number of anilines is 1. The fraction of sp³-hybridized carbons (Fsp3) is 0.429. The summed E-state index contributed by atoms with van der Waals surface area (Å²) in [6.45, 7) is 1.20. The Morgan fingerprint density at radius 2 is 2.00 bits per heavy atom. The Balaban J connectivity index is 1.33. The van der Waals surface area contributed by atoms with Crippen LogP contribution in [0.3, 0.4) is 0 Å². The highest BCUT2D eigenvalue weighted by molar-refractivity contribution is 5.98. The minimum absolute atomic E-state index is 0.0342. The molecule has 8 heteroatoms. The third-order valence-corrected chi connectivity index (χ3v) is 7.56. The SMILES string of the molecule is N#Cc1ccc(CCCC(=O)O)c(NC(=O)C2CC23CCOc2ccc(C(=O)NCC4CC4)cc23)c1. The van der Waals surface area contributed by atoms with E-state index in [4.69, 9.17) is 9.84 Å². The zero-order valence-electron chi connectivity index (χ0n) is 20.0. The highest BCUT2D eigenvalue weighted by Crippen LogP contribution is 2.61. The second-order valence-corrected chi connectivity index (χ2v) is 10.1. The van der Waals surface area contributed by atoms with Crippen molar-refractivity contribution in [3.8, 4) is 11.8 Å². The fourth-order valence-electron chi connectivity index (χ4n) is 5.18. The molecule has 0 aromatic heterocycles. The summed E-state index contributed by atoms with van der Waals surface area (Å²) in [7, 11) is 0. The van der Waals surface area contributed by atoms with Crippen molar-refractivity contribution < 1.29 is 24.2 Å². The summed E-state index contributed by atoms with van der Waals surface area (Å²) in [5.74, 6) is -0.0784. The molecule has 2 unspecified atom stereocenters. The molecule has 0 radical (unpaired) electrons. The number of nitrogens with one attached hydrogen (secondary N) is 2. The Morgan fingerprint density at radius 1 is 1.17 bits per heavy atom. The van der Waals surface area contributed by atoms with Crippen LogP contribution in [0.2, 0.25) is 0 Å². The molecule has 0 saturated heterocycles. The molecule has 3 N–H and O–H groups in total. The average molecular weight is 488 g/mol.